The molecule has 1 aliphatic heterocycles. The topological polar surface area (TPSA) is 58.2 Å². The molecule has 5 nitrogen and oxygen atoms in total. The first kappa shape index (κ1) is 15.2. The molecule has 0 saturated heterocycles. The monoisotopic (exact) mass is 272 g/mol. The molecular weight excluding hydrogens is 252 g/mol. The summed E-state index contributed by atoms with van der Waals surface area (Å²) < 4.78 is 5.29. The number of ether oxygens (including phenoxy) is 1. The highest BCUT2D eigenvalue weighted by atomic mass is 35.5. The van der Waals surface area contributed by atoms with Crippen LogP contribution in [0.5, 0.6) is 5.75 Å². The van der Waals surface area contributed by atoms with Gasteiger partial charge in [-0.25, -0.2) is 0 Å². The van der Waals surface area contributed by atoms with Gasteiger partial charge in [-0.05, 0) is 0 Å². The fourth-order valence-corrected chi connectivity index (χ4v) is 1.83. The Morgan fingerprint density at radius 1 is 0.944 bits per heavy atom. The summed E-state index contributed by atoms with van der Waals surface area (Å²) in [6.45, 7) is 5.44. The normalized spacial score (nSPS) is 16.9. The van der Waals surface area contributed by atoms with Crippen molar-refractivity contribution in [2.75, 3.05) is 33.3 Å². The number of aromatic nitrogens is 1. The van der Waals surface area contributed by atoms with Crippen LogP contribution in [0.25, 0.3) is 0 Å². The molecule has 3 N–H and O–H groups in total. The first-order valence-electron chi connectivity index (χ1n) is 6.04. The molecule has 1 aromatic rings. The molecule has 0 atom stereocenters. The minimum atomic E-state index is 0. The average Bonchev–Trinajstić information content (AvgIpc) is 2.35. The van der Waals surface area contributed by atoms with Crippen molar-refractivity contribution in [2.45, 2.75) is 13.1 Å². The highest BCUT2D eigenvalue weighted by molar-refractivity contribution is 5.85. The third kappa shape index (κ3) is 4.78. The van der Waals surface area contributed by atoms with Gasteiger partial charge in [-0.15, -0.1) is 12.4 Å². The van der Waals surface area contributed by atoms with Crippen molar-refractivity contribution in [3.05, 3.63) is 23.5 Å². The first-order valence-corrected chi connectivity index (χ1v) is 6.04. The van der Waals surface area contributed by atoms with E-state index in [1.54, 1.807) is 7.11 Å². The van der Waals surface area contributed by atoms with E-state index < -0.39 is 0 Å². The molecule has 0 aliphatic carbocycles. The van der Waals surface area contributed by atoms with E-state index in [9.17, 15) is 0 Å². The van der Waals surface area contributed by atoms with Crippen molar-refractivity contribution in [3.8, 4) is 5.75 Å². The summed E-state index contributed by atoms with van der Waals surface area (Å²) in [5, 5.41) is 10.1. The van der Waals surface area contributed by atoms with Crippen LogP contribution in [0.2, 0.25) is 0 Å². The summed E-state index contributed by atoms with van der Waals surface area (Å²) in [5.41, 5.74) is 2.06. The smallest absolute Gasteiger partial charge is 0.122 e. The molecule has 6 heteroatoms. The molecule has 102 valence electrons. The maximum absolute atomic E-state index is 5.29. The number of hydrogen-bond acceptors (Lipinski definition) is 5. The molecular formula is C12H21ClN4O. The van der Waals surface area contributed by atoms with E-state index in [1.165, 1.54) is 0 Å². The third-order valence-electron chi connectivity index (χ3n) is 2.71. The Hall–Kier alpha value is -0.880. The second-order valence-electron chi connectivity index (χ2n) is 4.09. The van der Waals surface area contributed by atoms with E-state index in [4.69, 9.17) is 4.74 Å². The van der Waals surface area contributed by atoms with Gasteiger partial charge >= 0.3 is 0 Å². The average molecular weight is 273 g/mol. The minimum absolute atomic E-state index is 0. The van der Waals surface area contributed by atoms with E-state index in [2.05, 4.69) is 20.9 Å². The fraction of sp³-hybridized carbons (Fsp3) is 0.583. The summed E-state index contributed by atoms with van der Waals surface area (Å²) in [6.07, 6.45) is 0. The van der Waals surface area contributed by atoms with Crippen LogP contribution in [-0.4, -0.2) is 38.3 Å². The van der Waals surface area contributed by atoms with Crippen molar-refractivity contribution in [2.24, 2.45) is 0 Å². The molecule has 2 heterocycles. The predicted octanol–water partition coefficient (Wildman–Crippen LogP) is 0.294. The molecule has 0 fully saturated rings. The van der Waals surface area contributed by atoms with Gasteiger partial charge in [0.05, 0.1) is 18.5 Å². The van der Waals surface area contributed by atoms with Gasteiger partial charge in [-0.2, -0.15) is 0 Å². The zero-order chi connectivity index (χ0) is 11.9. The summed E-state index contributed by atoms with van der Waals surface area (Å²) in [5.74, 6) is 0.879. The highest BCUT2D eigenvalue weighted by Crippen LogP contribution is 2.13. The van der Waals surface area contributed by atoms with Crippen LogP contribution in [0.4, 0.5) is 0 Å². The Morgan fingerprint density at radius 3 is 1.94 bits per heavy atom. The lowest BCUT2D eigenvalue weighted by atomic mass is 10.2. The molecule has 1 aromatic heterocycles. The predicted molar refractivity (Wildman–Crippen MR) is 74.3 cm³/mol. The van der Waals surface area contributed by atoms with Gasteiger partial charge < -0.3 is 20.7 Å². The van der Waals surface area contributed by atoms with Crippen molar-refractivity contribution >= 4 is 12.4 Å². The number of fused-ring (bicyclic) bond motifs is 2. The lowest BCUT2D eigenvalue weighted by Crippen LogP contribution is -2.33. The van der Waals surface area contributed by atoms with Crippen LogP contribution in [0.15, 0.2) is 12.1 Å². The Balaban J connectivity index is 0.00000162. The maximum Gasteiger partial charge on any atom is 0.122 e. The van der Waals surface area contributed by atoms with Crippen molar-refractivity contribution < 1.29 is 4.74 Å². The van der Waals surface area contributed by atoms with Gasteiger partial charge in [0, 0.05) is 51.4 Å². The van der Waals surface area contributed by atoms with Crippen molar-refractivity contribution in [1.29, 1.82) is 0 Å². The molecule has 0 amide bonds. The number of methoxy groups -OCH3 is 1. The van der Waals surface area contributed by atoms with Gasteiger partial charge in [0.25, 0.3) is 0 Å². The van der Waals surface area contributed by atoms with Crippen LogP contribution in [0, 0.1) is 0 Å². The van der Waals surface area contributed by atoms with E-state index in [1.807, 2.05) is 12.1 Å². The summed E-state index contributed by atoms with van der Waals surface area (Å²) >= 11 is 0. The fourth-order valence-electron chi connectivity index (χ4n) is 1.83. The molecule has 18 heavy (non-hydrogen) atoms. The lowest BCUT2D eigenvalue weighted by Gasteiger charge is -2.12. The van der Waals surface area contributed by atoms with Crippen LogP contribution >= 0.6 is 12.4 Å². The van der Waals surface area contributed by atoms with Gasteiger partial charge in [0.15, 0.2) is 0 Å². The summed E-state index contributed by atoms with van der Waals surface area (Å²) in [4.78, 5) is 4.59. The van der Waals surface area contributed by atoms with Gasteiger partial charge in [-0.3, -0.25) is 4.98 Å². The molecule has 1 aliphatic rings. The second kappa shape index (κ2) is 8.26. The zero-order valence-corrected chi connectivity index (χ0v) is 11.5. The molecule has 2 bridgehead atoms. The van der Waals surface area contributed by atoms with Crippen LogP contribution < -0.4 is 20.7 Å². The maximum atomic E-state index is 5.29. The molecule has 0 spiro atoms. The Morgan fingerprint density at radius 2 is 1.44 bits per heavy atom. The van der Waals surface area contributed by atoms with E-state index in [-0.39, 0.29) is 12.4 Å². The number of nitrogens with zero attached hydrogens (tertiary/aromatic N) is 1. The zero-order valence-electron chi connectivity index (χ0n) is 10.7. The first-order chi connectivity index (χ1) is 8.38. The Kier molecular flexibility index (Phi) is 6.97. The standard InChI is InChI=1S/C12H20N4O.ClH/c1-17-12-6-10-8-14-4-2-13-3-5-15-9-11(7-12)16-10;/h6-7,13-15H,2-5,8-9H2,1H3;1H. The molecule has 0 radical (unpaired) electrons. The SMILES string of the molecule is COc1cc2nc(c1)CNCCNCCNC2.Cl. The van der Waals surface area contributed by atoms with E-state index in [0.29, 0.717) is 0 Å². The van der Waals surface area contributed by atoms with Gasteiger partial charge in [0.2, 0.25) is 0 Å². The second-order valence-corrected chi connectivity index (χ2v) is 4.09. The number of pyridine rings is 1. The molecule has 0 saturated carbocycles. The number of rotatable bonds is 1. The van der Waals surface area contributed by atoms with Crippen LogP contribution in [0.1, 0.15) is 11.4 Å². The number of halogens is 1. The molecule has 0 unspecified atom stereocenters. The van der Waals surface area contributed by atoms with E-state index in [0.717, 1.165) is 56.4 Å². The highest BCUT2D eigenvalue weighted by Gasteiger charge is 2.04. The number of nitrogens with one attached hydrogen (secondary N) is 3. The minimum Gasteiger partial charge on any atom is -0.497 e. The number of hydrogen-bond donors (Lipinski definition) is 3. The van der Waals surface area contributed by atoms with Crippen LogP contribution in [0.3, 0.4) is 0 Å². The Labute approximate surface area is 114 Å². The van der Waals surface area contributed by atoms with E-state index >= 15 is 0 Å². The largest absolute Gasteiger partial charge is 0.497 e. The summed E-state index contributed by atoms with van der Waals surface area (Å²) in [7, 11) is 1.69. The molecule has 2 rings (SSSR count). The van der Waals surface area contributed by atoms with Crippen molar-refractivity contribution in [1.82, 2.24) is 20.9 Å². The van der Waals surface area contributed by atoms with Gasteiger partial charge in [0.1, 0.15) is 5.75 Å². The van der Waals surface area contributed by atoms with Crippen molar-refractivity contribution in [3.63, 3.8) is 0 Å². The van der Waals surface area contributed by atoms with Crippen LogP contribution in [-0.2, 0) is 13.1 Å². The summed E-state index contributed by atoms with van der Waals surface area (Å²) in [6, 6.07) is 3.96. The molecule has 0 aromatic carbocycles. The van der Waals surface area contributed by atoms with Gasteiger partial charge in [-0.1, -0.05) is 0 Å². The Bertz CT molecular complexity index is 334. The quantitative estimate of drug-likeness (QED) is 0.686. The third-order valence-corrected chi connectivity index (χ3v) is 2.71. The lowest BCUT2D eigenvalue weighted by molar-refractivity contribution is 0.411.